The first-order valence-electron chi connectivity index (χ1n) is 7.64. The van der Waals surface area contributed by atoms with Gasteiger partial charge in [-0.2, -0.15) is 0 Å². The third kappa shape index (κ3) is 2.68. The minimum Gasteiger partial charge on any atom is -0.347 e. The van der Waals surface area contributed by atoms with Crippen LogP contribution in [-0.4, -0.2) is 36.5 Å². The molecule has 0 aromatic rings. The highest BCUT2D eigenvalue weighted by atomic mass is 16.8. The molecular weight excluding hydrogens is 244 g/mol. The summed E-state index contributed by atoms with van der Waals surface area (Å²) in [6, 6.07) is 0. The zero-order valence-electron chi connectivity index (χ0n) is 12.4. The van der Waals surface area contributed by atoms with Gasteiger partial charge in [0.2, 0.25) is 0 Å². The maximum atomic E-state index is 6.06. The number of ether oxygens (including phenoxy) is 4. The summed E-state index contributed by atoms with van der Waals surface area (Å²) in [6.07, 6.45) is 4.88. The van der Waals surface area contributed by atoms with Crippen molar-refractivity contribution in [3.8, 4) is 0 Å². The molecule has 2 heterocycles. The second-order valence-corrected chi connectivity index (χ2v) is 6.51. The van der Waals surface area contributed by atoms with Gasteiger partial charge in [0.25, 0.3) is 0 Å². The molecule has 3 aliphatic rings. The lowest BCUT2D eigenvalue weighted by Gasteiger charge is -2.23. The van der Waals surface area contributed by atoms with Crippen LogP contribution in [-0.2, 0) is 18.9 Å². The van der Waals surface area contributed by atoms with E-state index < -0.39 is 0 Å². The molecule has 0 aromatic carbocycles. The van der Waals surface area contributed by atoms with Crippen LogP contribution in [0.1, 0.15) is 53.4 Å². The molecule has 3 rings (SSSR count). The Hall–Kier alpha value is -0.160. The smallest absolute Gasteiger partial charge is 0.169 e. The van der Waals surface area contributed by atoms with Crippen molar-refractivity contribution in [3.05, 3.63) is 0 Å². The molecule has 4 heteroatoms. The Morgan fingerprint density at radius 1 is 0.895 bits per heavy atom. The third-order valence-electron chi connectivity index (χ3n) is 4.92. The fraction of sp³-hybridized carbons (Fsp3) is 1.00. The van der Waals surface area contributed by atoms with Crippen molar-refractivity contribution in [2.45, 2.75) is 89.9 Å². The van der Waals surface area contributed by atoms with Gasteiger partial charge in [0.1, 0.15) is 0 Å². The molecule has 1 saturated carbocycles. The van der Waals surface area contributed by atoms with Gasteiger partial charge in [0.15, 0.2) is 12.1 Å². The van der Waals surface area contributed by atoms with Crippen molar-refractivity contribution in [1.29, 1.82) is 0 Å². The van der Waals surface area contributed by atoms with Crippen LogP contribution < -0.4 is 0 Å². The van der Waals surface area contributed by atoms with Crippen molar-refractivity contribution in [2.24, 2.45) is 5.92 Å². The third-order valence-corrected chi connectivity index (χ3v) is 4.92. The highest BCUT2D eigenvalue weighted by molar-refractivity contribution is 4.90. The van der Waals surface area contributed by atoms with Crippen LogP contribution in [0.5, 0.6) is 0 Å². The lowest BCUT2D eigenvalue weighted by Crippen LogP contribution is -2.27. The second kappa shape index (κ2) is 4.99. The normalized spacial score (nSPS) is 46.4. The Morgan fingerprint density at radius 3 is 2.05 bits per heavy atom. The summed E-state index contributed by atoms with van der Waals surface area (Å²) in [5.74, 6) is 0.263. The van der Waals surface area contributed by atoms with Gasteiger partial charge in [0.05, 0.1) is 24.4 Å². The molecule has 0 amide bonds. The van der Waals surface area contributed by atoms with Crippen LogP contribution in [0.15, 0.2) is 0 Å². The molecule has 4 nitrogen and oxygen atoms in total. The van der Waals surface area contributed by atoms with E-state index >= 15 is 0 Å². The Kier molecular flexibility index (Phi) is 3.63. The molecule has 1 spiro atoms. The van der Waals surface area contributed by atoms with Crippen LogP contribution in [0.3, 0.4) is 0 Å². The maximum absolute atomic E-state index is 6.06. The van der Waals surface area contributed by atoms with Gasteiger partial charge >= 0.3 is 0 Å². The van der Waals surface area contributed by atoms with E-state index in [0.29, 0.717) is 5.92 Å². The van der Waals surface area contributed by atoms with Crippen LogP contribution in [0.25, 0.3) is 0 Å². The predicted molar refractivity (Wildman–Crippen MR) is 70.7 cm³/mol. The Labute approximate surface area is 115 Å². The largest absolute Gasteiger partial charge is 0.347 e. The van der Waals surface area contributed by atoms with E-state index in [4.69, 9.17) is 18.9 Å². The first-order valence-corrected chi connectivity index (χ1v) is 7.64. The summed E-state index contributed by atoms with van der Waals surface area (Å²) in [6.45, 7) is 8.35. The number of hydrogen-bond acceptors (Lipinski definition) is 4. The standard InChI is InChI=1S/C15H26O4/c1-9-10(2)17-14(16-9)7-13-5-6-15(8-13)18-11(3)12(4)19-15/h9-14H,5-8H2,1-4H3/t9-,10-,11-,12-,13+/m1/s1. The number of hydrogen-bond donors (Lipinski definition) is 0. The Bertz CT molecular complexity index is 312. The average molecular weight is 270 g/mol. The Morgan fingerprint density at radius 2 is 1.47 bits per heavy atom. The molecule has 1 aliphatic carbocycles. The van der Waals surface area contributed by atoms with Crippen LogP contribution in [0.2, 0.25) is 0 Å². The fourth-order valence-corrected chi connectivity index (χ4v) is 3.50. The highest BCUT2D eigenvalue weighted by Gasteiger charge is 2.49. The average Bonchev–Trinajstić information content (AvgIpc) is 2.93. The summed E-state index contributed by atoms with van der Waals surface area (Å²) in [5.41, 5.74) is 0. The quantitative estimate of drug-likeness (QED) is 0.773. The van der Waals surface area contributed by atoms with E-state index in [9.17, 15) is 0 Å². The first kappa shape index (κ1) is 13.8. The molecule has 0 aromatic heterocycles. The van der Waals surface area contributed by atoms with E-state index in [1.54, 1.807) is 0 Å². The molecule has 2 aliphatic heterocycles. The van der Waals surface area contributed by atoms with Gasteiger partial charge in [0, 0.05) is 19.3 Å². The van der Waals surface area contributed by atoms with Crippen LogP contribution in [0.4, 0.5) is 0 Å². The van der Waals surface area contributed by atoms with Crippen molar-refractivity contribution in [2.75, 3.05) is 0 Å². The monoisotopic (exact) mass is 270 g/mol. The van der Waals surface area contributed by atoms with Crippen LogP contribution in [0, 0.1) is 5.92 Å². The molecule has 19 heavy (non-hydrogen) atoms. The topological polar surface area (TPSA) is 36.9 Å². The number of rotatable bonds is 2. The summed E-state index contributed by atoms with van der Waals surface area (Å²) in [7, 11) is 0. The maximum Gasteiger partial charge on any atom is 0.169 e. The van der Waals surface area contributed by atoms with Gasteiger partial charge in [-0.1, -0.05) is 0 Å². The summed E-state index contributed by atoms with van der Waals surface area (Å²) in [4.78, 5) is 0. The van der Waals surface area contributed by atoms with Crippen molar-refractivity contribution >= 4 is 0 Å². The van der Waals surface area contributed by atoms with Gasteiger partial charge in [-0.3, -0.25) is 0 Å². The lowest BCUT2D eigenvalue weighted by atomic mass is 10.0. The van der Waals surface area contributed by atoms with E-state index in [1.807, 2.05) is 0 Å². The van der Waals surface area contributed by atoms with E-state index in [1.165, 1.54) is 0 Å². The molecule has 3 fully saturated rings. The van der Waals surface area contributed by atoms with Gasteiger partial charge < -0.3 is 18.9 Å². The molecular formula is C15H26O4. The van der Waals surface area contributed by atoms with E-state index in [-0.39, 0.29) is 36.5 Å². The molecule has 5 atom stereocenters. The lowest BCUT2D eigenvalue weighted by molar-refractivity contribution is -0.170. The predicted octanol–water partition coefficient (Wildman–Crippen LogP) is 2.85. The van der Waals surface area contributed by atoms with Crippen molar-refractivity contribution in [1.82, 2.24) is 0 Å². The fourth-order valence-electron chi connectivity index (χ4n) is 3.50. The first-order chi connectivity index (χ1) is 8.97. The highest BCUT2D eigenvalue weighted by Crippen LogP contribution is 2.46. The molecule has 0 bridgehead atoms. The molecule has 2 saturated heterocycles. The molecule has 0 unspecified atom stereocenters. The van der Waals surface area contributed by atoms with E-state index in [0.717, 1.165) is 25.7 Å². The zero-order chi connectivity index (χ0) is 13.6. The SMILES string of the molecule is C[C@H]1OC(C[C@@H]2CCC3(C2)O[C@H](C)[C@@H](C)O3)O[C@@H]1C. The van der Waals surface area contributed by atoms with Crippen molar-refractivity contribution < 1.29 is 18.9 Å². The molecule has 0 radical (unpaired) electrons. The summed E-state index contributed by atoms with van der Waals surface area (Å²) >= 11 is 0. The van der Waals surface area contributed by atoms with Gasteiger partial charge in [-0.25, -0.2) is 0 Å². The molecule has 110 valence electrons. The van der Waals surface area contributed by atoms with E-state index in [2.05, 4.69) is 27.7 Å². The summed E-state index contributed by atoms with van der Waals surface area (Å²) < 4.78 is 23.8. The Balaban J connectivity index is 1.53. The second-order valence-electron chi connectivity index (χ2n) is 6.51. The van der Waals surface area contributed by atoms with Crippen molar-refractivity contribution in [3.63, 3.8) is 0 Å². The molecule has 0 N–H and O–H groups in total. The van der Waals surface area contributed by atoms with Gasteiger partial charge in [-0.05, 0) is 40.0 Å². The van der Waals surface area contributed by atoms with Gasteiger partial charge in [-0.15, -0.1) is 0 Å². The summed E-state index contributed by atoms with van der Waals surface area (Å²) in [5, 5.41) is 0. The minimum absolute atomic E-state index is 0.0404. The minimum atomic E-state index is -0.320. The van der Waals surface area contributed by atoms with Crippen LogP contribution >= 0.6 is 0 Å². The zero-order valence-corrected chi connectivity index (χ0v) is 12.4.